The summed E-state index contributed by atoms with van der Waals surface area (Å²) in [6.07, 6.45) is 0.880. The minimum absolute atomic E-state index is 0.000601. The second-order valence-electron chi connectivity index (χ2n) is 8.69. The minimum atomic E-state index is -3.70. The zero-order valence-corrected chi connectivity index (χ0v) is 19.3. The van der Waals surface area contributed by atoms with Gasteiger partial charge in [-0.15, -0.1) is 0 Å². The Balaban J connectivity index is 1.25. The number of pyridine rings is 1. The van der Waals surface area contributed by atoms with Crippen molar-refractivity contribution < 1.29 is 17.9 Å². The highest BCUT2D eigenvalue weighted by Crippen LogP contribution is 2.37. The first-order valence-corrected chi connectivity index (χ1v) is 12.6. The number of sulfonamides is 1. The first kappa shape index (κ1) is 22.4. The number of nitrogens with one attached hydrogen (secondary N) is 1. The van der Waals surface area contributed by atoms with Crippen LogP contribution >= 0.6 is 0 Å². The van der Waals surface area contributed by atoms with E-state index in [9.17, 15) is 18.0 Å². The molecule has 2 unspecified atom stereocenters. The summed E-state index contributed by atoms with van der Waals surface area (Å²) in [4.78, 5) is 24.6. The fourth-order valence-corrected chi connectivity index (χ4v) is 6.33. The van der Waals surface area contributed by atoms with Gasteiger partial charge in [-0.25, -0.2) is 8.42 Å². The first-order valence-electron chi connectivity index (χ1n) is 11.2. The van der Waals surface area contributed by atoms with Crippen LogP contribution in [0.4, 0.5) is 5.69 Å². The molecule has 0 aliphatic carbocycles. The lowest BCUT2D eigenvalue weighted by atomic mass is 9.84. The molecule has 176 valence electrons. The van der Waals surface area contributed by atoms with Gasteiger partial charge in [0.1, 0.15) is 5.75 Å². The van der Waals surface area contributed by atoms with E-state index in [1.165, 1.54) is 16.4 Å². The number of benzene rings is 2. The Kier molecular flexibility index (Phi) is 5.97. The quantitative estimate of drug-likeness (QED) is 0.586. The highest BCUT2D eigenvalue weighted by Gasteiger charge is 2.39. The van der Waals surface area contributed by atoms with E-state index in [1.807, 2.05) is 24.3 Å². The van der Waals surface area contributed by atoms with Crippen molar-refractivity contribution in [3.05, 3.63) is 88.8 Å². The number of aromatic nitrogens is 1. The molecule has 2 aliphatic rings. The zero-order chi connectivity index (χ0) is 23.7. The van der Waals surface area contributed by atoms with Gasteiger partial charge in [0.25, 0.3) is 11.5 Å². The van der Waals surface area contributed by atoms with Crippen molar-refractivity contribution in [3.63, 3.8) is 0 Å². The smallest absolute Gasteiger partial charge is 0.262 e. The number of fused-ring (bicyclic) bond motifs is 4. The average Bonchev–Trinajstić information content (AvgIpc) is 2.84. The maximum Gasteiger partial charge on any atom is 0.262 e. The van der Waals surface area contributed by atoms with Crippen molar-refractivity contribution in [2.24, 2.45) is 5.92 Å². The molecule has 2 bridgehead atoms. The molecule has 5 rings (SSSR count). The van der Waals surface area contributed by atoms with Gasteiger partial charge in [0.2, 0.25) is 10.0 Å². The van der Waals surface area contributed by atoms with E-state index in [-0.39, 0.29) is 34.8 Å². The van der Waals surface area contributed by atoms with Gasteiger partial charge in [-0.05, 0) is 54.8 Å². The van der Waals surface area contributed by atoms with Crippen molar-refractivity contribution in [3.8, 4) is 5.75 Å². The zero-order valence-electron chi connectivity index (χ0n) is 18.5. The highest BCUT2D eigenvalue weighted by molar-refractivity contribution is 7.89. The van der Waals surface area contributed by atoms with Crippen LogP contribution in [0.1, 0.15) is 18.0 Å². The number of amides is 1. The molecule has 1 amide bonds. The summed E-state index contributed by atoms with van der Waals surface area (Å²) < 4.78 is 35.4. The molecular weight excluding hydrogens is 454 g/mol. The van der Waals surface area contributed by atoms with Crippen molar-refractivity contribution >= 4 is 21.6 Å². The summed E-state index contributed by atoms with van der Waals surface area (Å²) in [7, 11) is -3.70. The van der Waals surface area contributed by atoms with Gasteiger partial charge >= 0.3 is 0 Å². The summed E-state index contributed by atoms with van der Waals surface area (Å²) in [5.74, 6) is 0.360. The molecule has 0 saturated carbocycles. The van der Waals surface area contributed by atoms with Crippen molar-refractivity contribution in [2.75, 3.05) is 25.0 Å². The van der Waals surface area contributed by atoms with Crippen LogP contribution < -0.4 is 15.6 Å². The van der Waals surface area contributed by atoms with E-state index in [1.54, 1.807) is 41.0 Å². The maximum atomic E-state index is 13.3. The van der Waals surface area contributed by atoms with Gasteiger partial charge in [0.15, 0.2) is 6.61 Å². The summed E-state index contributed by atoms with van der Waals surface area (Å²) in [6, 6.07) is 20.4. The SMILES string of the molecule is O=C(COc1ccccc1)Nc1ccc(S(=O)(=O)N2CC3CC(C2)c2cccc(=O)n2C3)cc1. The molecule has 2 aromatic carbocycles. The Labute approximate surface area is 197 Å². The molecule has 2 aliphatic heterocycles. The van der Waals surface area contributed by atoms with E-state index in [0.29, 0.717) is 31.1 Å². The highest BCUT2D eigenvalue weighted by atomic mass is 32.2. The van der Waals surface area contributed by atoms with Crippen molar-refractivity contribution in [1.29, 1.82) is 0 Å². The third kappa shape index (κ3) is 4.49. The number of nitrogens with zero attached hydrogens (tertiary/aromatic N) is 2. The molecule has 1 aromatic heterocycles. The Bertz CT molecular complexity index is 1350. The lowest BCUT2D eigenvalue weighted by Gasteiger charge is -2.42. The molecule has 1 fully saturated rings. The first-order chi connectivity index (χ1) is 16.4. The topological polar surface area (TPSA) is 97.7 Å². The number of hydrogen-bond acceptors (Lipinski definition) is 5. The van der Waals surface area contributed by atoms with Gasteiger partial charge in [0.05, 0.1) is 4.90 Å². The third-order valence-electron chi connectivity index (χ3n) is 6.34. The van der Waals surface area contributed by atoms with Crippen LogP contribution in [0.15, 0.2) is 82.5 Å². The predicted octanol–water partition coefficient (Wildman–Crippen LogP) is 2.67. The fourth-order valence-electron chi connectivity index (χ4n) is 4.77. The lowest BCUT2D eigenvalue weighted by molar-refractivity contribution is -0.118. The Morgan fingerprint density at radius 1 is 0.941 bits per heavy atom. The van der Waals surface area contributed by atoms with Gasteiger partial charge < -0.3 is 14.6 Å². The van der Waals surface area contributed by atoms with Crippen molar-refractivity contribution in [2.45, 2.75) is 23.8 Å². The van der Waals surface area contributed by atoms with Gasteiger partial charge in [-0.2, -0.15) is 4.31 Å². The van der Waals surface area contributed by atoms with Crippen LogP contribution in [0.5, 0.6) is 5.75 Å². The largest absolute Gasteiger partial charge is 0.484 e. The van der Waals surface area contributed by atoms with Gasteiger partial charge in [-0.3, -0.25) is 9.59 Å². The number of hydrogen-bond donors (Lipinski definition) is 1. The van der Waals surface area contributed by atoms with Gasteiger partial charge in [0, 0.05) is 43.0 Å². The lowest BCUT2D eigenvalue weighted by Crippen LogP contribution is -2.48. The molecule has 0 spiro atoms. The van der Waals surface area contributed by atoms with Crippen LogP contribution in [0.25, 0.3) is 0 Å². The minimum Gasteiger partial charge on any atom is -0.484 e. The molecule has 2 atom stereocenters. The molecule has 3 heterocycles. The molecule has 1 saturated heterocycles. The number of para-hydroxylation sites is 1. The molecule has 9 heteroatoms. The van der Waals surface area contributed by atoms with E-state index in [2.05, 4.69) is 5.32 Å². The van der Waals surface area contributed by atoms with Crippen LogP contribution in [-0.4, -0.2) is 42.9 Å². The number of rotatable bonds is 6. The van der Waals surface area contributed by atoms with Gasteiger partial charge in [-0.1, -0.05) is 24.3 Å². The number of carbonyl (C=O) groups is 1. The number of ether oxygens (including phenoxy) is 1. The van der Waals surface area contributed by atoms with Crippen LogP contribution in [-0.2, 0) is 21.4 Å². The molecule has 1 N–H and O–H groups in total. The second kappa shape index (κ2) is 9.08. The molecule has 0 radical (unpaired) electrons. The number of anilines is 1. The average molecular weight is 480 g/mol. The molecular formula is C25H25N3O5S. The monoisotopic (exact) mass is 479 g/mol. The summed E-state index contributed by atoms with van der Waals surface area (Å²) in [5.41, 5.74) is 1.36. The molecule has 8 nitrogen and oxygen atoms in total. The van der Waals surface area contributed by atoms with Crippen LogP contribution in [0, 0.1) is 5.92 Å². The van der Waals surface area contributed by atoms with E-state index in [4.69, 9.17) is 4.74 Å². The van der Waals surface area contributed by atoms with Crippen LogP contribution in [0.3, 0.4) is 0 Å². The predicted molar refractivity (Wildman–Crippen MR) is 127 cm³/mol. The van der Waals surface area contributed by atoms with Crippen molar-refractivity contribution in [1.82, 2.24) is 8.87 Å². The standard InChI is InChI=1S/C25H25N3O5S/c29-24(17-33-21-5-2-1-3-6-21)26-20-9-11-22(12-10-20)34(31,32)27-14-18-13-19(16-27)23-7-4-8-25(30)28(23)15-18/h1-12,18-19H,13-17H2,(H,26,29). The summed E-state index contributed by atoms with van der Waals surface area (Å²) >= 11 is 0. The fraction of sp³-hybridized carbons (Fsp3) is 0.280. The Morgan fingerprint density at radius 2 is 1.71 bits per heavy atom. The molecule has 3 aromatic rings. The van der Waals surface area contributed by atoms with E-state index < -0.39 is 10.0 Å². The molecule has 34 heavy (non-hydrogen) atoms. The number of piperidine rings is 1. The maximum absolute atomic E-state index is 13.3. The third-order valence-corrected chi connectivity index (χ3v) is 8.18. The second-order valence-corrected chi connectivity index (χ2v) is 10.6. The number of carbonyl (C=O) groups excluding carboxylic acids is 1. The Morgan fingerprint density at radius 3 is 2.47 bits per heavy atom. The normalized spacial score (nSPS) is 19.8. The van der Waals surface area contributed by atoms with E-state index >= 15 is 0 Å². The van der Waals surface area contributed by atoms with E-state index in [0.717, 1.165) is 12.1 Å². The van der Waals surface area contributed by atoms with Crippen LogP contribution in [0.2, 0.25) is 0 Å². The summed E-state index contributed by atoms with van der Waals surface area (Å²) in [5, 5.41) is 2.71. The Hall–Kier alpha value is -3.43. The summed E-state index contributed by atoms with van der Waals surface area (Å²) in [6.45, 7) is 1.12.